The van der Waals surface area contributed by atoms with E-state index < -0.39 is 12.6 Å². The molecule has 0 spiro atoms. The van der Waals surface area contributed by atoms with E-state index in [1.54, 1.807) is 12.3 Å². The monoisotopic (exact) mass is 298 g/mol. The molecule has 0 bridgehead atoms. The molecule has 17 heavy (non-hydrogen) atoms. The topological polar surface area (TPSA) is 80.9 Å². The number of fused-ring (bicyclic) bond motifs is 1. The van der Waals surface area contributed by atoms with Crippen LogP contribution in [0.2, 0.25) is 0 Å². The van der Waals surface area contributed by atoms with Crippen LogP contribution in [0.15, 0.2) is 22.9 Å². The predicted molar refractivity (Wildman–Crippen MR) is 61.4 cm³/mol. The quantitative estimate of drug-likeness (QED) is 0.862. The molecule has 2 heterocycles. The molecule has 0 amide bonds. The number of ether oxygens (including phenoxy) is 1. The summed E-state index contributed by atoms with van der Waals surface area (Å²) in [7, 11) is 0. The molecule has 2 aromatic heterocycles. The number of carboxylic acid groups (broad SMARTS) is 1. The third-order valence-corrected chi connectivity index (χ3v) is 2.47. The summed E-state index contributed by atoms with van der Waals surface area (Å²) in [4.78, 5) is 25.2. The minimum atomic E-state index is -1.08. The number of carbonyl (C=O) groups excluding carboxylic acids is 1. The Kier molecular flexibility index (Phi) is 3.10. The molecule has 6 nitrogen and oxygen atoms in total. The van der Waals surface area contributed by atoms with E-state index in [0.717, 1.165) is 0 Å². The Morgan fingerprint density at radius 2 is 2.41 bits per heavy atom. The van der Waals surface area contributed by atoms with Crippen molar-refractivity contribution in [2.45, 2.75) is 0 Å². The molecule has 2 aromatic rings. The SMILES string of the molecule is O=Cc1cnc2c(OCC(=O)O)cc(Br)cn12. The molecule has 0 aliphatic carbocycles. The van der Waals surface area contributed by atoms with Crippen LogP contribution in [0.5, 0.6) is 5.75 Å². The maximum Gasteiger partial charge on any atom is 0.341 e. The molecule has 0 saturated carbocycles. The van der Waals surface area contributed by atoms with Gasteiger partial charge >= 0.3 is 5.97 Å². The van der Waals surface area contributed by atoms with Gasteiger partial charge in [-0.15, -0.1) is 0 Å². The average Bonchev–Trinajstić information content (AvgIpc) is 2.68. The minimum Gasteiger partial charge on any atom is -0.479 e. The van der Waals surface area contributed by atoms with Gasteiger partial charge in [0.15, 0.2) is 24.3 Å². The Hall–Kier alpha value is -1.89. The Morgan fingerprint density at radius 1 is 1.65 bits per heavy atom. The van der Waals surface area contributed by atoms with Gasteiger partial charge in [-0.25, -0.2) is 9.78 Å². The molecule has 0 unspecified atom stereocenters. The molecule has 0 aromatic carbocycles. The number of hydrogen-bond acceptors (Lipinski definition) is 4. The molecule has 0 radical (unpaired) electrons. The molecule has 1 N–H and O–H groups in total. The van der Waals surface area contributed by atoms with E-state index in [0.29, 0.717) is 27.8 Å². The third kappa shape index (κ3) is 2.28. The molecular weight excluding hydrogens is 292 g/mol. The fourth-order valence-electron chi connectivity index (χ4n) is 1.38. The van der Waals surface area contributed by atoms with E-state index in [4.69, 9.17) is 9.84 Å². The Morgan fingerprint density at radius 3 is 3.06 bits per heavy atom. The van der Waals surface area contributed by atoms with Crippen LogP contribution in [0.4, 0.5) is 0 Å². The lowest BCUT2D eigenvalue weighted by atomic mass is 10.4. The first-order valence-corrected chi connectivity index (χ1v) is 5.37. The second-order valence-corrected chi connectivity index (χ2v) is 4.12. The van der Waals surface area contributed by atoms with Crippen molar-refractivity contribution in [1.82, 2.24) is 9.38 Å². The first kappa shape index (κ1) is 11.6. The summed E-state index contributed by atoms with van der Waals surface area (Å²) in [6.07, 6.45) is 3.70. The Balaban J connectivity index is 2.50. The van der Waals surface area contributed by atoms with Gasteiger partial charge in [-0.1, -0.05) is 0 Å². The van der Waals surface area contributed by atoms with Crippen molar-refractivity contribution in [2.24, 2.45) is 0 Å². The first-order valence-electron chi connectivity index (χ1n) is 4.58. The second-order valence-electron chi connectivity index (χ2n) is 3.20. The van der Waals surface area contributed by atoms with Gasteiger partial charge in [0.1, 0.15) is 5.69 Å². The van der Waals surface area contributed by atoms with E-state index in [1.807, 2.05) is 0 Å². The van der Waals surface area contributed by atoms with Crippen LogP contribution in [-0.2, 0) is 4.79 Å². The maximum atomic E-state index is 10.8. The van der Waals surface area contributed by atoms with Crippen LogP contribution >= 0.6 is 15.9 Å². The lowest BCUT2D eigenvalue weighted by Crippen LogP contribution is -2.10. The van der Waals surface area contributed by atoms with Crippen LogP contribution in [0.25, 0.3) is 5.65 Å². The van der Waals surface area contributed by atoms with Crippen LogP contribution in [0.3, 0.4) is 0 Å². The molecule has 0 aliphatic rings. The molecule has 0 aliphatic heterocycles. The average molecular weight is 299 g/mol. The van der Waals surface area contributed by atoms with Crippen molar-refractivity contribution < 1.29 is 19.4 Å². The third-order valence-electron chi connectivity index (χ3n) is 2.04. The molecule has 0 saturated heterocycles. The van der Waals surface area contributed by atoms with E-state index in [-0.39, 0.29) is 0 Å². The van der Waals surface area contributed by atoms with Gasteiger partial charge in [0, 0.05) is 10.7 Å². The van der Waals surface area contributed by atoms with Gasteiger partial charge < -0.3 is 9.84 Å². The molecular formula is C10H7BrN2O4. The number of imidazole rings is 1. The maximum absolute atomic E-state index is 10.8. The highest BCUT2D eigenvalue weighted by atomic mass is 79.9. The molecule has 7 heteroatoms. The van der Waals surface area contributed by atoms with E-state index in [9.17, 15) is 9.59 Å². The summed E-state index contributed by atoms with van der Waals surface area (Å²) in [6.45, 7) is -0.463. The highest BCUT2D eigenvalue weighted by Gasteiger charge is 2.10. The van der Waals surface area contributed by atoms with Crippen LogP contribution in [-0.4, -0.2) is 33.4 Å². The Labute approximate surface area is 104 Å². The van der Waals surface area contributed by atoms with Crippen molar-refractivity contribution in [3.63, 3.8) is 0 Å². The number of pyridine rings is 1. The number of aromatic nitrogens is 2. The standard InChI is InChI=1S/C10H7BrN2O4/c11-6-1-8(17-5-9(15)16)10-12-2-7(4-14)13(10)3-6/h1-4H,5H2,(H,15,16). The summed E-state index contributed by atoms with van der Waals surface area (Å²) in [6, 6.07) is 1.60. The summed E-state index contributed by atoms with van der Waals surface area (Å²) in [5.74, 6) is -0.778. The van der Waals surface area contributed by atoms with E-state index in [1.165, 1.54) is 10.6 Å². The van der Waals surface area contributed by atoms with Gasteiger partial charge in [-0.3, -0.25) is 9.20 Å². The number of hydrogen-bond donors (Lipinski definition) is 1. The number of aldehydes is 1. The molecule has 2 rings (SSSR count). The largest absolute Gasteiger partial charge is 0.479 e. The summed E-state index contributed by atoms with van der Waals surface area (Å²) >= 11 is 3.25. The first-order chi connectivity index (χ1) is 8.11. The van der Waals surface area contributed by atoms with Gasteiger partial charge in [-0.2, -0.15) is 0 Å². The van der Waals surface area contributed by atoms with Gasteiger partial charge in [0.05, 0.1) is 6.20 Å². The fourth-order valence-corrected chi connectivity index (χ4v) is 1.79. The van der Waals surface area contributed by atoms with Crippen molar-refractivity contribution in [3.8, 4) is 5.75 Å². The second kappa shape index (κ2) is 4.54. The highest BCUT2D eigenvalue weighted by Crippen LogP contribution is 2.24. The summed E-state index contributed by atoms with van der Waals surface area (Å²) in [5, 5.41) is 8.55. The number of rotatable bonds is 4. The molecule has 0 fully saturated rings. The number of aliphatic carboxylic acids is 1. The van der Waals surface area contributed by atoms with E-state index in [2.05, 4.69) is 20.9 Å². The minimum absolute atomic E-state index is 0.301. The number of halogens is 1. The highest BCUT2D eigenvalue weighted by molar-refractivity contribution is 9.10. The molecule has 88 valence electrons. The Bertz CT molecular complexity index is 593. The zero-order valence-corrected chi connectivity index (χ0v) is 10.0. The zero-order valence-electron chi connectivity index (χ0n) is 8.46. The lowest BCUT2D eigenvalue weighted by molar-refractivity contribution is -0.139. The van der Waals surface area contributed by atoms with Crippen molar-refractivity contribution >= 4 is 33.8 Å². The van der Waals surface area contributed by atoms with Crippen LogP contribution in [0, 0.1) is 0 Å². The number of nitrogens with zero attached hydrogens (tertiary/aromatic N) is 2. The van der Waals surface area contributed by atoms with Gasteiger partial charge in [0.2, 0.25) is 0 Å². The zero-order chi connectivity index (χ0) is 12.4. The number of carbonyl (C=O) groups is 2. The number of carboxylic acids is 1. The van der Waals surface area contributed by atoms with Crippen LogP contribution < -0.4 is 4.74 Å². The summed E-state index contributed by atoms with van der Waals surface area (Å²) in [5.41, 5.74) is 0.762. The lowest BCUT2D eigenvalue weighted by Gasteiger charge is -2.06. The molecule has 0 atom stereocenters. The smallest absolute Gasteiger partial charge is 0.341 e. The van der Waals surface area contributed by atoms with Crippen molar-refractivity contribution in [1.29, 1.82) is 0 Å². The van der Waals surface area contributed by atoms with Crippen LogP contribution in [0.1, 0.15) is 10.5 Å². The van der Waals surface area contributed by atoms with Gasteiger partial charge in [-0.05, 0) is 22.0 Å². The van der Waals surface area contributed by atoms with Crippen molar-refractivity contribution in [3.05, 3.63) is 28.6 Å². The normalized spacial score (nSPS) is 10.4. The van der Waals surface area contributed by atoms with E-state index >= 15 is 0 Å². The summed E-state index contributed by atoms with van der Waals surface area (Å²) < 4.78 is 7.27. The van der Waals surface area contributed by atoms with Gasteiger partial charge in [0.25, 0.3) is 0 Å². The predicted octanol–water partition coefficient (Wildman–Crippen LogP) is 1.37. The fraction of sp³-hybridized carbons (Fsp3) is 0.100. The van der Waals surface area contributed by atoms with Crippen molar-refractivity contribution in [2.75, 3.05) is 6.61 Å².